The second-order valence-corrected chi connectivity index (χ2v) is 7.48. The molecule has 4 heteroatoms. The molecule has 24 heavy (non-hydrogen) atoms. The van der Waals surface area contributed by atoms with Crippen LogP contribution in [0.4, 0.5) is 0 Å². The summed E-state index contributed by atoms with van der Waals surface area (Å²) >= 11 is 1.87. The Bertz CT molecular complexity index is 637. The van der Waals surface area contributed by atoms with Crippen LogP contribution in [0.3, 0.4) is 0 Å². The van der Waals surface area contributed by atoms with Gasteiger partial charge in [-0.05, 0) is 61.7 Å². The number of hydrogen-bond donors (Lipinski definition) is 1. The van der Waals surface area contributed by atoms with Crippen LogP contribution in [0, 0.1) is 0 Å². The average molecular weight is 346 g/mol. The zero-order valence-corrected chi connectivity index (χ0v) is 15.6. The zero-order chi connectivity index (χ0) is 16.9. The molecule has 1 aromatic heterocycles. The molecule has 0 bridgehead atoms. The lowest BCUT2D eigenvalue weighted by molar-refractivity contribution is 0.375. The van der Waals surface area contributed by atoms with Gasteiger partial charge >= 0.3 is 0 Å². The van der Waals surface area contributed by atoms with Crippen molar-refractivity contribution in [1.82, 2.24) is 5.32 Å². The first kappa shape index (κ1) is 17.3. The Morgan fingerprint density at radius 3 is 2.83 bits per heavy atom. The van der Waals surface area contributed by atoms with Gasteiger partial charge in [0.15, 0.2) is 0 Å². The summed E-state index contributed by atoms with van der Waals surface area (Å²) in [6.07, 6.45) is 4.76. The smallest absolute Gasteiger partial charge is 0.126 e. The number of fused-ring (bicyclic) bond motifs is 1. The predicted molar refractivity (Wildman–Crippen MR) is 101 cm³/mol. The van der Waals surface area contributed by atoms with E-state index in [0.717, 1.165) is 30.9 Å². The molecule has 1 aliphatic rings. The van der Waals surface area contributed by atoms with Crippen LogP contribution < -0.4 is 14.8 Å². The summed E-state index contributed by atoms with van der Waals surface area (Å²) in [5, 5.41) is 5.55. The second kappa shape index (κ2) is 8.04. The fourth-order valence-electron chi connectivity index (χ4n) is 3.95. The molecule has 0 aliphatic heterocycles. The number of aryl methyl sites for hydroxylation is 1. The van der Waals surface area contributed by atoms with E-state index in [1.54, 1.807) is 14.2 Å². The van der Waals surface area contributed by atoms with Crippen LogP contribution in [-0.2, 0) is 6.42 Å². The molecule has 2 unspecified atom stereocenters. The highest BCUT2D eigenvalue weighted by atomic mass is 32.1. The first-order valence-corrected chi connectivity index (χ1v) is 9.57. The molecule has 0 spiro atoms. The molecule has 1 aromatic carbocycles. The van der Waals surface area contributed by atoms with Crippen molar-refractivity contribution in [1.29, 1.82) is 0 Å². The number of benzene rings is 1. The Labute approximate surface area is 149 Å². The van der Waals surface area contributed by atoms with Gasteiger partial charge in [-0.25, -0.2) is 0 Å². The normalized spacial score (nSPS) is 18.0. The molecule has 1 aliphatic carbocycles. The van der Waals surface area contributed by atoms with Crippen LogP contribution in [0.1, 0.15) is 47.1 Å². The lowest BCUT2D eigenvalue weighted by Gasteiger charge is -2.30. The Hall–Kier alpha value is -1.52. The van der Waals surface area contributed by atoms with Crippen LogP contribution in [0.2, 0.25) is 0 Å². The molecular weight excluding hydrogens is 318 g/mol. The van der Waals surface area contributed by atoms with Crippen LogP contribution in [0.5, 0.6) is 11.5 Å². The fraction of sp³-hybridized carbons (Fsp3) is 0.500. The summed E-state index contributed by atoms with van der Waals surface area (Å²) in [7, 11) is 5.53. The maximum Gasteiger partial charge on any atom is 0.126 e. The molecule has 1 heterocycles. The van der Waals surface area contributed by atoms with E-state index in [-0.39, 0.29) is 0 Å². The highest BCUT2D eigenvalue weighted by molar-refractivity contribution is 7.10. The maximum absolute atomic E-state index is 5.72. The molecule has 2 aromatic rings. The van der Waals surface area contributed by atoms with E-state index in [0.29, 0.717) is 11.8 Å². The van der Waals surface area contributed by atoms with Gasteiger partial charge in [0.1, 0.15) is 11.5 Å². The topological polar surface area (TPSA) is 30.5 Å². The largest absolute Gasteiger partial charge is 0.497 e. The summed E-state index contributed by atoms with van der Waals surface area (Å²) < 4.78 is 11.2. The lowest BCUT2D eigenvalue weighted by atomic mass is 9.77. The monoisotopic (exact) mass is 345 g/mol. The number of thiophene rings is 1. The van der Waals surface area contributed by atoms with Gasteiger partial charge in [-0.1, -0.05) is 6.07 Å². The molecule has 2 atom stereocenters. The molecular formula is C20H27NO2S. The lowest BCUT2D eigenvalue weighted by Crippen LogP contribution is -2.21. The zero-order valence-electron chi connectivity index (χ0n) is 14.8. The summed E-state index contributed by atoms with van der Waals surface area (Å²) in [6, 6.07) is 8.65. The number of likely N-dealkylation sites (N-methyl/N-ethyl adjacent to an activating group) is 1. The van der Waals surface area contributed by atoms with E-state index in [1.165, 1.54) is 28.8 Å². The Morgan fingerprint density at radius 2 is 2.17 bits per heavy atom. The van der Waals surface area contributed by atoms with Gasteiger partial charge in [0.2, 0.25) is 0 Å². The quantitative estimate of drug-likeness (QED) is 0.797. The van der Waals surface area contributed by atoms with Crippen molar-refractivity contribution in [3.63, 3.8) is 0 Å². The summed E-state index contributed by atoms with van der Waals surface area (Å²) in [4.78, 5) is 1.48. The molecule has 0 fully saturated rings. The van der Waals surface area contributed by atoms with Crippen LogP contribution >= 0.6 is 11.3 Å². The third-order valence-electron chi connectivity index (χ3n) is 5.03. The Kier molecular flexibility index (Phi) is 5.80. The number of hydrogen-bond acceptors (Lipinski definition) is 4. The van der Waals surface area contributed by atoms with Gasteiger partial charge in [-0.15, -0.1) is 11.3 Å². The molecule has 0 amide bonds. The first-order chi connectivity index (χ1) is 11.8. The first-order valence-electron chi connectivity index (χ1n) is 8.69. The van der Waals surface area contributed by atoms with Crippen LogP contribution in [-0.4, -0.2) is 27.8 Å². The van der Waals surface area contributed by atoms with Crippen molar-refractivity contribution in [2.75, 3.05) is 27.8 Å². The fourth-order valence-corrected chi connectivity index (χ4v) is 4.79. The Morgan fingerprint density at radius 1 is 1.29 bits per heavy atom. The third-order valence-corrected chi connectivity index (χ3v) is 6.06. The van der Waals surface area contributed by atoms with Crippen molar-refractivity contribution in [2.24, 2.45) is 0 Å². The third kappa shape index (κ3) is 3.60. The molecule has 1 N–H and O–H groups in total. The van der Waals surface area contributed by atoms with Gasteiger partial charge < -0.3 is 14.8 Å². The molecule has 0 radical (unpaired) electrons. The molecule has 0 saturated heterocycles. The standard InChI is InChI=1S/C20H27NO2S/c1-21-13-16(19-8-5-9-24-19)10-14-6-4-7-15-11-17(22-2)12-18(23-3)20(14)15/h5,8-9,11-12,14,16,21H,4,6-7,10,13H2,1-3H3. The maximum atomic E-state index is 5.72. The van der Waals surface area contributed by atoms with Gasteiger partial charge in [-0.2, -0.15) is 0 Å². The molecule has 3 nitrogen and oxygen atoms in total. The number of methoxy groups -OCH3 is 2. The number of ether oxygens (including phenoxy) is 2. The van der Waals surface area contributed by atoms with Crippen molar-refractivity contribution < 1.29 is 9.47 Å². The van der Waals surface area contributed by atoms with Gasteiger partial charge in [-0.3, -0.25) is 0 Å². The van der Waals surface area contributed by atoms with Gasteiger partial charge in [0.25, 0.3) is 0 Å². The van der Waals surface area contributed by atoms with E-state index in [2.05, 4.69) is 28.9 Å². The van der Waals surface area contributed by atoms with Crippen molar-refractivity contribution in [3.05, 3.63) is 45.6 Å². The number of rotatable bonds is 7. The minimum atomic E-state index is 0.551. The van der Waals surface area contributed by atoms with E-state index in [1.807, 2.05) is 24.5 Å². The van der Waals surface area contributed by atoms with Crippen molar-refractivity contribution in [2.45, 2.75) is 37.5 Å². The van der Waals surface area contributed by atoms with Crippen molar-refractivity contribution in [3.8, 4) is 11.5 Å². The van der Waals surface area contributed by atoms with Gasteiger partial charge in [0.05, 0.1) is 14.2 Å². The van der Waals surface area contributed by atoms with Crippen LogP contribution in [0.25, 0.3) is 0 Å². The SMILES string of the molecule is CNCC(CC1CCCc2cc(OC)cc(OC)c21)c1cccs1. The van der Waals surface area contributed by atoms with E-state index >= 15 is 0 Å². The average Bonchev–Trinajstić information content (AvgIpc) is 3.15. The van der Waals surface area contributed by atoms with Crippen LogP contribution in [0.15, 0.2) is 29.6 Å². The summed E-state index contributed by atoms with van der Waals surface area (Å²) in [5.74, 6) is 2.99. The molecule has 130 valence electrons. The minimum absolute atomic E-state index is 0.551. The predicted octanol–water partition coefficient (Wildman–Crippen LogP) is 4.58. The minimum Gasteiger partial charge on any atom is -0.497 e. The van der Waals surface area contributed by atoms with E-state index in [4.69, 9.17) is 9.47 Å². The molecule has 3 rings (SSSR count). The van der Waals surface area contributed by atoms with E-state index < -0.39 is 0 Å². The highest BCUT2D eigenvalue weighted by Gasteiger charge is 2.28. The summed E-state index contributed by atoms with van der Waals surface area (Å²) in [5.41, 5.74) is 2.80. The molecule has 0 saturated carbocycles. The second-order valence-electron chi connectivity index (χ2n) is 6.50. The van der Waals surface area contributed by atoms with Gasteiger partial charge in [0, 0.05) is 29.0 Å². The number of nitrogens with one attached hydrogen (secondary N) is 1. The summed E-state index contributed by atoms with van der Waals surface area (Å²) in [6.45, 7) is 1.02. The Balaban J connectivity index is 1.91. The van der Waals surface area contributed by atoms with E-state index in [9.17, 15) is 0 Å². The van der Waals surface area contributed by atoms with Crippen molar-refractivity contribution >= 4 is 11.3 Å². The highest BCUT2D eigenvalue weighted by Crippen LogP contribution is 2.45.